The first-order valence-electron chi connectivity index (χ1n) is 13.8. The van der Waals surface area contributed by atoms with Crippen molar-refractivity contribution >= 4 is 35.3 Å². The molecule has 1 aliphatic heterocycles. The van der Waals surface area contributed by atoms with Gasteiger partial charge in [0.1, 0.15) is 17.9 Å². The van der Waals surface area contributed by atoms with Gasteiger partial charge in [-0.1, -0.05) is 64.4 Å². The number of carbonyl (C=O) groups is 6. The number of likely N-dealkylation sites (tertiary alicyclic amines) is 1. The molecule has 2 fully saturated rings. The zero-order chi connectivity index (χ0) is 29.8. The van der Waals surface area contributed by atoms with E-state index < -0.39 is 70.9 Å². The maximum atomic E-state index is 13.6. The van der Waals surface area contributed by atoms with E-state index in [1.807, 2.05) is 20.8 Å². The molecule has 5 N–H and O–H groups in total. The predicted octanol–water partition coefficient (Wildman–Crippen LogP) is 0.832. The Morgan fingerprint density at radius 3 is 2.30 bits per heavy atom. The van der Waals surface area contributed by atoms with Gasteiger partial charge in [0, 0.05) is 31.2 Å². The molecule has 6 atom stereocenters. The molecule has 0 aromatic heterocycles. The van der Waals surface area contributed by atoms with E-state index in [0.29, 0.717) is 24.8 Å². The van der Waals surface area contributed by atoms with Crippen molar-refractivity contribution in [2.24, 2.45) is 23.0 Å². The second-order valence-electron chi connectivity index (χ2n) is 11.8. The summed E-state index contributed by atoms with van der Waals surface area (Å²) in [6, 6.07) is 4.20. The first-order chi connectivity index (χ1) is 18.8. The molecule has 0 radical (unpaired) electrons. The van der Waals surface area contributed by atoms with Crippen molar-refractivity contribution in [2.75, 3.05) is 6.54 Å². The number of nitrogens with two attached hydrogens (primary N) is 1. The van der Waals surface area contributed by atoms with Crippen molar-refractivity contribution < 1.29 is 33.9 Å². The number of nitrogens with zero attached hydrogens (tertiary/aromatic N) is 1. The smallest absolute Gasteiger partial charge is 0.326 e. The molecule has 0 spiro atoms. The van der Waals surface area contributed by atoms with Crippen molar-refractivity contribution in [2.45, 2.75) is 84.0 Å². The Labute approximate surface area is 234 Å². The van der Waals surface area contributed by atoms with Gasteiger partial charge >= 0.3 is 5.97 Å². The average Bonchev–Trinajstić information content (AvgIpc) is 3.46. The Balaban J connectivity index is 1.77. The molecule has 1 heterocycles. The number of hydrogen-bond acceptors (Lipinski definition) is 7. The third-order valence-corrected chi connectivity index (χ3v) is 7.86. The van der Waals surface area contributed by atoms with Crippen molar-refractivity contribution in [1.82, 2.24) is 15.5 Å². The Morgan fingerprint density at radius 1 is 1.07 bits per heavy atom. The highest BCUT2D eigenvalue weighted by Crippen LogP contribution is 2.41. The molecule has 1 aromatic rings. The summed E-state index contributed by atoms with van der Waals surface area (Å²) in [5, 5.41) is 14.5. The van der Waals surface area contributed by atoms with Crippen LogP contribution in [0.4, 0.5) is 0 Å². The lowest BCUT2D eigenvalue weighted by atomic mass is 9.86. The van der Waals surface area contributed by atoms with Crippen LogP contribution in [-0.4, -0.2) is 76.0 Å². The number of amides is 3. The Morgan fingerprint density at radius 2 is 1.73 bits per heavy atom. The number of benzene rings is 1. The van der Waals surface area contributed by atoms with Crippen LogP contribution in [0.15, 0.2) is 30.3 Å². The van der Waals surface area contributed by atoms with Gasteiger partial charge in [0.2, 0.25) is 17.6 Å². The SMILES string of the molecule is CCCC(NC(=O)[C@@H]1[C@H]2CCC(=O)[C@H]2CN1C(=O)[C@@H](N)C(C)(C)C)C(=O)C(=O)N[C@@H](Cc1ccccc1)C(=O)O. The number of carboxylic acid groups (broad SMARTS) is 1. The number of carbonyl (C=O) groups excluding carboxylic acids is 5. The largest absolute Gasteiger partial charge is 0.480 e. The summed E-state index contributed by atoms with van der Waals surface area (Å²) in [7, 11) is 0. The van der Waals surface area contributed by atoms with Gasteiger partial charge in [-0.15, -0.1) is 0 Å². The minimum Gasteiger partial charge on any atom is -0.480 e. The van der Waals surface area contributed by atoms with Crippen LogP contribution < -0.4 is 16.4 Å². The lowest BCUT2D eigenvalue weighted by molar-refractivity contribution is -0.146. The van der Waals surface area contributed by atoms with E-state index in [4.69, 9.17) is 5.73 Å². The fraction of sp³-hybridized carbons (Fsp3) is 0.586. The van der Waals surface area contributed by atoms with Gasteiger partial charge in [-0.25, -0.2) is 4.79 Å². The first kappa shape index (κ1) is 30.9. The fourth-order valence-electron chi connectivity index (χ4n) is 5.47. The van der Waals surface area contributed by atoms with E-state index in [1.165, 1.54) is 4.90 Å². The molecule has 1 saturated carbocycles. The Kier molecular flexibility index (Phi) is 9.83. The van der Waals surface area contributed by atoms with Crippen LogP contribution in [0, 0.1) is 17.3 Å². The van der Waals surface area contributed by atoms with Crippen LogP contribution in [-0.2, 0) is 35.2 Å². The van der Waals surface area contributed by atoms with Crippen LogP contribution in [0.3, 0.4) is 0 Å². The van der Waals surface area contributed by atoms with Gasteiger partial charge in [0.15, 0.2) is 0 Å². The monoisotopic (exact) mass is 556 g/mol. The highest BCUT2D eigenvalue weighted by Gasteiger charge is 2.54. The fourth-order valence-corrected chi connectivity index (χ4v) is 5.47. The summed E-state index contributed by atoms with van der Waals surface area (Å²) in [4.78, 5) is 78.7. The predicted molar refractivity (Wildman–Crippen MR) is 146 cm³/mol. The molecular weight excluding hydrogens is 516 g/mol. The van der Waals surface area contributed by atoms with Crippen molar-refractivity contribution in [3.8, 4) is 0 Å². The minimum absolute atomic E-state index is 0.0129. The van der Waals surface area contributed by atoms with Crippen LogP contribution in [0.2, 0.25) is 0 Å². The van der Waals surface area contributed by atoms with Gasteiger partial charge in [0.25, 0.3) is 5.91 Å². The number of aliphatic carboxylic acids is 1. The van der Waals surface area contributed by atoms with E-state index in [1.54, 1.807) is 37.3 Å². The summed E-state index contributed by atoms with van der Waals surface area (Å²) in [6.45, 7) is 7.28. The number of nitrogens with one attached hydrogen (secondary N) is 2. The minimum atomic E-state index is -1.34. The topological polar surface area (TPSA) is 176 Å². The zero-order valence-corrected chi connectivity index (χ0v) is 23.5. The third kappa shape index (κ3) is 6.93. The van der Waals surface area contributed by atoms with E-state index >= 15 is 0 Å². The summed E-state index contributed by atoms with van der Waals surface area (Å²) >= 11 is 0. The highest BCUT2D eigenvalue weighted by atomic mass is 16.4. The maximum absolute atomic E-state index is 13.6. The van der Waals surface area contributed by atoms with E-state index in [-0.39, 0.29) is 25.2 Å². The number of rotatable bonds is 11. The van der Waals surface area contributed by atoms with Crippen LogP contribution in [0.1, 0.15) is 58.9 Å². The van der Waals surface area contributed by atoms with Crippen molar-refractivity contribution in [3.05, 3.63) is 35.9 Å². The lowest BCUT2D eigenvalue weighted by Crippen LogP contribution is -2.58. The molecule has 1 aromatic carbocycles. The Bertz CT molecular complexity index is 1150. The lowest BCUT2D eigenvalue weighted by Gasteiger charge is -2.34. The molecule has 2 aliphatic rings. The Hall–Kier alpha value is -3.60. The molecule has 1 unspecified atom stereocenters. The van der Waals surface area contributed by atoms with Crippen molar-refractivity contribution in [1.29, 1.82) is 0 Å². The van der Waals surface area contributed by atoms with Crippen molar-refractivity contribution in [3.63, 3.8) is 0 Å². The van der Waals surface area contributed by atoms with Gasteiger partial charge < -0.3 is 26.4 Å². The molecule has 3 rings (SSSR count). The van der Waals surface area contributed by atoms with Crippen LogP contribution >= 0.6 is 0 Å². The molecule has 11 heteroatoms. The van der Waals surface area contributed by atoms with Crippen LogP contribution in [0.5, 0.6) is 0 Å². The highest BCUT2D eigenvalue weighted by molar-refractivity contribution is 6.38. The third-order valence-electron chi connectivity index (χ3n) is 7.86. The standard InChI is InChI=1S/C29H40N4O7/c1-5-9-19(23(35)26(37)32-20(28(39)40)14-16-10-7-6-8-11-16)31-25(36)22-17-12-13-21(34)18(17)15-33(22)27(38)24(30)29(2,3)4/h6-8,10-11,17-20,22,24H,5,9,12-15,30H2,1-4H3,(H,31,36)(H,32,37)(H,39,40)/t17-,18-,19?,20-,22-,24+/m0/s1. The van der Waals surface area contributed by atoms with Gasteiger partial charge in [-0.2, -0.15) is 0 Å². The molecule has 218 valence electrons. The number of ketones is 2. The van der Waals surface area contributed by atoms with E-state index in [9.17, 15) is 33.9 Å². The number of Topliss-reactive ketones (excluding diaryl/α,β-unsaturated/α-hetero) is 2. The molecule has 0 bridgehead atoms. The van der Waals surface area contributed by atoms with Crippen LogP contribution in [0.25, 0.3) is 0 Å². The summed E-state index contributed by atoms with van der Waals surface area (Å²) in [5.41, 5.74) is 6.30. The van der Waals surface area contributed by atoms with Gasteiger partial charge in [0.05, 0.1) is 12.1 Å². The second kappa shape index (κ2) is 12.7. The molecular formula is C29H40N4O7. The molecule has 1 saturated heterocycles. The zero-order valence-electron chi connectivity index (χ0n) is 23.5. The summed E-state index contributed by atoms with van der Waals surface area (Å²) in [6.07, 6.45) is 1.30. The molecule has 3 amide bonds. The molecule has 1 aliphatic carbocycles. The second-order valence-corrected chi connectivity index (χ2v) is 11.8. The quantitative estimate of drug-likeness (QED) is 0.290. The van der Waals surface area contributed by atoms with Gasteiger partial charge in [-0.05, 0) is 23.8 Å². The maximum Gasteiger partial charge on any atom is 0.326 e. The normalized spacial score (nSPS) is 22.7. The number of hydrogen-bond donors (Lipinski definition) is 4. The molecule has 11 nitrogen and oxygen atoms in total. The van der Waals surface area contributed by atoms with E-state index in [2.05, 4.69) is 10.6 Å². The van der Waals surface area contributed by atoms with Gasteiger partial charge in [-0.3, -0.25) is 24.0 Å². The first-order valence-corrected chi connectivity index (χ1v) is 13.8. The number of carboxylic acids is 1. The molecule has 40 heavy (non-hydrogen) atoms. The number of fused-ring (bicyclic) bond motifs is 1. The summed E-state index contributed by atoms with van der Waals surface area (Å²) in [5.74, 6) is -5.37. The summed E-state index contributed by atoms with van der Waals surface area (Å²) < 4.78 is 0. The average molecular weight is 557 g/mol. The van der Waals surface area contributed by atoms with E-state index in [0.717, 1.165) is 0 Å².